The van der Waals surface area contributed by atoms with Crippen LogP contribution in [0.15, 0.2) is 54.6 Å². The lowest BCUT2D eigenvalue weighted by atomic mass is 10.1. The predicted molar refractivity (Wildman–Crippen MR) is 132 cm³/mol. The summed E-state index contributed by atoms with van der Waals surface area (Å²) in [6.07, 6.45) is 6.74. The smallest absolute Gasteiger partial charge is 0.243 e. The predicted octanol–water partition coefficient (Wildman–Crippen LogP) is 5.06. The molecule has 5 heteroatoms. The third-order valence-electron chi connectivity index (χ3n) is 6.40. The van der Waals surface area contributed by atoms with E-state index in [1.165, 1.54) is 24.0 Å². The van der Waals surface area contributed by atoms with Crippen LogP contribution in [-0.2, 0) is 16.0 Å². The summed E-state index contributed by atoms with van der Waals surface area (Å²) in [4.78, 5) is 28.1. The molecule has 5 nitrogen and oxygen atoms in total. The summed E-state index contributed by atoms with van der Waals surface area (Å²) >= 11 is 0. The molecule has 0 heterocycles. The maximum atomic E-state index is 13.3. The summed E-state index contributed by atoms with van der Waals surface area (Å²) in [5, 5.41) is 3.20. The Labute approximate surface area is 198 Å². The number of carbonyl (C=O) groups excluding carboxylic acids is 2. The highest BCUT2D eigenvalue weighted by molar-refractivity contribution is 5.87. The van der Waals surface area contributed by atoms with Gasteiger partial charge in [0, 0.05) is 19.0 Å². The molecule has 33 heavy (non-hydrogen) atoms. The fourth-order valence-electron chi connectivity index (χ4n) is 4.45. The van der Waals surface area contributed by atoms with Crippen molar-refractivity contribution in [1.82, 2.24) is 10.2 Å². The zero-order valence-electron chi connectivity index (χ0n) is 20.1. The monoisotopic (exact) mass is 450 g/mol. The van der Waals surface area contributed by atoms with E-state index < -0.39 is 6.04 Å². The Bertz CT molecular complexity index is 860. The van der Waals surface area contributed by atoms with Gasteiger partial charge in [-0.2, -0.15) is 0 Å². The molecule has 1 aliphatic carbocycles. The molecule has 1 saturated carbocycles. The zero-order chi connectivity index (χ0) is 23.5. The summed E-state index contributed by atoms with van der Waals surface area (Å²) in [7, 11) is 0. The highest BCUT2D eigenvalue weighted by Gasteiger charge is 2.30. The summed E-state index contributed by atoms with van der Waals surface area (Å²) in [6.45, 7) is 5.05. The Balaban J connectivity index is 1.59. The first-order valence-electron chi connectivity index (χ1n) is 12.4. The number of amides is 2. The maximum absolute atomic E-state index is 13.3. The molecule has 0 radical (unpaired) electrons. The van der Waals surface area contributed by atoms with Gasteiger partial charge in [0.2, 0.25) is 11.8 Å². The van der Waals surface area contributed by atoms with E-state index in [9.17, 15) is 9.59 Å². The van der Waals surface area contributed by atoms with E-state index in [4.69, 9.17) is 4.74 Å². The number of hydrogen-bond acceptors (Lipinski definition) is 3. The molecular weight excluding hydrogens is 412 g/mol. The highest BCUT2D eigenvalue weighted by Crippen LogP contribution is 2.19. The van der Waals surface area contributed by atoms with E-state index in [2.05, 4.69) is 17.4 Å². The zero-order valence-corrected chi connectivity index (χ0v) is 20.1. The Morgan fingerprint density at radius 2 is 1.76 bits per heavy atom. The number of ether oxygens (including phenoxy) is 1. The lowest BCUT2D eigenvalue weighted by Crippen LogP contribution is -2.51. The number of hydrogen-bond donors (Lipinski definition) is 1. The molecule has 1 atom stereocenters. The summed E-state index contributed by atoms with van der Waals surface area (Å²) in [5.74, 6) is 0.824. The Morgan fingerprint density at radius 1 is 1.06 bits per heavy atom. The fraction of sp³-hybridized carbons (Fsp3) is 0.500. The van der Waals surface area contributed by atoms with Gasteiger partial charge >= 0.3 is 0 Å². The van der Waals surface area contributed by atoms with Crippen molar-refractivity contribution in [2.45, 2.75) is 77.3 Å². The number of aryl methyl sites for hydroxylation is 1. The van der Waals surface area contributed by atoms with Crippen molar-refractivity contribution in [3.63, 3.8) is 0 Å². The first kappa shape index (κ1) is 24.8. The van der Waals surface area contributed by atoms with Crippen LogP contribution >= 0.6 is 0 Å². The molecule has 0 unspecified atom stereocenters. The minimum Gasteiger partial charge on any atom is -0.494 e. The van der Waals surface area contributed by atoms with Gasteiger partial charge in [-0.15, -0.1) is 0 Å². The van der Waals surface area contributed by atoms with Gasteiger partial charge in [-0.1, -0.05) is 67.8 Å². The summed E-state index contributed by atoms with van der Waals surface area (Å²) in [5.41, 5.74) is 2.36. The number of nitrogens with zero attached hydrogens (tertiary/aromatic N) is 1. The first-order valence-corrected chi connectivity index (χ1v) is 12.4. The number of carbonyl (C=O) groups is 2. The molecular formula is C28H38N2O3. The van der Waals surface area contributed by atoms with Crippen LogP contribution in [0.3, 0.4) is 0 Å². The van der Waals surface area contributed by atoms with Crippen LogP contribution in [0.1, 0.15) is 63.0 Å². The van der Waals surface area contributed by atoms with Crippen molar-refractivity contribution in [3.05, 3.63) is 65.7 Å². The molecule has 2 aromatic rings. The van der Waals surface area contributed by atoms with Crippen LogP contribution in [0.4, 0.5) is 0 Å². The second-order valence-electron chi connectivity index (χ2n) is 9.00. The molecule has 2 amide bonds. The van der Waals surface area contributed by atoms with E-state index in [-0.39, 0.29) is 17.9 Å². The molecule has 3 rings (SSSR count). The van der Waals surface area contributed by atoms with E-state index in [0.29, 0.717) is 32.4 Å². The van der Waals surface area contributed by atoms with Crippen molar-refractivity contribution in [3.8, 4) is 5.75 Å². The number of benzene rings is 2. The van der Waals surface area contributed by atoms with E-state index in [1.54, 1.807) is 4.90 Å². The van der Waals surface area contributed by atoms with Gasteiger partial charge < -0.3 is 15.0 Å². The number of nitrogens with one attached hydrogen (secondary N) is 1. The topological polar surface area (TPSA) is 58.6 Å². The van der Waals surface area contributed by atoms with Gasteiger partial charge in [-0.25, -0.2) is 0 Å². The molecule has 0 aliphatic heterocycles. The molecule has 0 spiro atoms. The van der Waals surface area contributed by atoms with Crippen LogP contribution < -0.4 is 10.1 Å². The second kappa shape index (κ2) is 13.0. The number of rotatable bonds is 12. The average molecular weight is 451 g/mol. The largest absolute Gasteiger partial charge is 0.494 e. The van der Waals surface area contributed by atoms with Gasteiger partial charge in [0.15, 0.2) is 0 Å². The quantitative estimate of drug-likeness (QED) is 0.460. The van der Waals surface area contributed by atoms with Crippen molar-refractivity contribution in [2.24, 2.45) is 0 Å². The van der Waals surface area contributed by atoms with Gasteiger partial charge in [0.1, 0.15) is 11.8 Å². The summed E-state index contributed by atoms with van der Waals surface area (Å²) in [6, 6.07) is 17.9. The molecule has 0 saturated heterocycles. The van der Waals surface area contributed by atoms with Crippen molar-refractivity contribution >= 4 is 11.8 Å². The van der Waals surface area contributed by atoms with Crippen LogP contribution in [0.5, 0.6) is 5.75 Å². The molecule has 0 aromatic heterocycles. The minimum atomic E-state index is -0.431. The van der Waals surface area contributed by atoms with Crippen LogP contribution in [0, 0.1) is 6.92 Å². The lowest BCUT2D eigenvalue weighted by Gasteiger charge is -2.31. The van der Waals surface area contributed by atoms with Gasteiger partial charge in [-0.3, -0.25) is 9.59 Å². The van der Waals surface area contributed by atoms with Crippen LogP contribution in [0.25, 0.3) is 0 Å². The molecule has 2 aromatic carbocycles. The lowest BCUT2D eigenvalue weighted by molar-refractivity contribution is -0.141. The Kier molecular flexibility index (Phi) is 9.79. The third kappa shape index (κ3) is 7.92. The molecule has 1 N–H and O–H groups in total. The van der Waals surface area contributed by atoms with Crippen molar-refractivity contribution < 1.29 is 14.3 Å². The van der Waals surface area contributed by atoms with Crippen molar-refractivity contribution in [1.29, 1.82) is 0 Å². The van der Waals surface area contributed by atoms with E-state index >= 15 is 0 Å². The average Bonchev–Trinajstić information content (AvgIpc) is 3.34. The Morgan fingerprint density at radius 3 is 2.42 bits per heavy atom. The van der Waals surface area contributed by atoms with E-state index in [0.717, 1.165) is 25.0 Å². The van der Waals surface area contributed by atoms with E-state index in [1.807, 2.05) is 56.3 Å². The minimum absolute atomic E-state index is 0.0123. The highest BCUT2D eigenvalue weighted by atomic mass is 16.5. The Hall–Kier alpha value is -2.82. The molecule has 178 valence electrons. The molecule has 1 aliphatic rings. The maximum Gasteiger partial charge on any atom is 0.243 e. The second-order valence-corrected chi connectivity index (χ2v) is 9.00. The standard InChI is InChI=1S/C28H38N2O3/c1-3-26(28(32)29-24-12-7-8-13-24)30(20-19-23-10-5-4-6-11-23)27(31)14-9-21-33-25-17-15-22(2)16-18-25/h4-6,10-11,15-18,24,26H,3,7-9,12-14,19-21H2,1-2H3,(H,29,32)/t26-/m0/s1. The van der Waals surface area contributed by atoms with Crippen molar-refractivity contribution in [2.75, 3.05) is 13.2 Å². The SMILES string of the molecule is CC[C@@H](C(=O)NC1CCCC1)N(CCc1ccccc1)C(=O)CCCOc1ccc(C)cc1. The normalized spacial score (nSPS) is 14.6. The van der Waals surface area contributed by atoms with Crippen LogP contribution in [-0.4, -0.2) is 41.9 Å². The third-order valence-corrected chi connectivity index (χ3v) is 6.40. The molecule has 1 fully saturated rings. The first-order chi connectivity index (χ1) is 16.1. The van der Waals surface area contributed by atoms with Gasteiger partial charge in [0.25, 0.3) is 0 Å². The van der Waals surface area contributed by atoms with Crippen LogP contribution in [0.2, 0.25) is 0 Å². The fourth-order valence-corrected chi connectivity index (χ4v) is 4.45. The van der Waals surface area contributed by atoms with Gasteiger partial charge in [0.05, 0.1) is 6.61 Å². The molecule has 0 bridgehead atoms. The van der Waals surface area contributed by atoms with Gasteiger partial charge in [-0.05, 0) is 56.7 Å². The summed E-state index contributed by atoms with van der Waals surface area (Å²) < 4.78 is 5.79.